The molecule has 8 heteroatoms. The molecule has 0 atom stereocenters. The summed E-state index contributed by atoms with van der Waals surface area (Å²) in [5.74, 6) is 0.625. The number of benzene rings is 2. The summed E-state index contributed by atoms with van der Waals surface area (Å²) in [6.07, 6.45) is -0.00948. The number of methoxy groups -OCH3 is 1. The van der Waals surface area contributed by atoms with Crippen molar-refractivity contribution in [2.75, 3.05) is 13.7 Å². The molecule has 0 fully saturated rings. The van der Waals surface area contributed by atoms with E-state index in [1.165, 1.54) is 3.97 Å². The van der Waals surface area contributed by atoms with E-state index in [1.807, 2.05) is 33.8 Å². The van der Waals surface area contributed by atoms with Crippen LogP contribution in [0.1, 0.15) is 37.6 Å². The first-order chi connectivity index (χ1) is 15.0. The van der Waals surface area contributed by atoms with Gasteiger partial charge in [-0.05, 0) is 58.0 Å². The summed E-state index contributed by atoms with van der Waals surface area (Å²) in [4.78, 5) is 14.5. The average Bonchev–Trinajstić information content (AvgIpc) is 3.06. The minimum atomic E-state index is -3.83. The Morgan fingerprint density at radius 3 is 2.38 bits per heavy atom. The van der Waals surface area contributed by atoms with Crippen molar-refractivity contribution in [3.63, 3.8) is 0 Å². The summed E-state index contributed by atoms with van der Waals surface area (Å²) in [6, 6.07) is 12.2. The summed E-state index contributed by atoms with van der Waals surface area (Å²) >= 11 is 0. The molecule has 170 valence electrons. The van der Waals surface area contributed by atoms with Crippen LogP contribution >= 0.6 is 0 Å². The number of carbonyl (C=O) groups excluding carboxylic acids is 1. The molecule has 0 N–H and O–H groups in total. The van der Waals surface area contributed by atoms with Gasteiger partial charge in [-0.2, -0.15) is 0 Å². The molecule has 2 heterocycles. The number of hydrogen-bond acceptors (Lipinski definition) is 5. The Labute approximate surface area is 188 Å². The standard InChI is InChI=1S/C24H28N2O5S/c1-16-6-9-18(10-7-16)32(28,29)26-21-11-8-17(30-5)14-19(21)20-15-25(13-12-22(20)26)23(27)31-24(2,3)4/h6-11,14H,12-13,15H2,1-5H3. The minimum absolute atomic E-state index is 0.230. The van der Waals surface area contributed by atoms with Crippen LogP contribution in [0.25, 0.3) is 10.9 Å². The molecule has 0 spiro atoms. The van der Waals surface area contributed by atoms with Gasteiger partial charge in [0.25, 0.3) is 10.0 Å². The van der Waals surface area contributed by atoms with E-state index in [1.54, 1.807) is 48.4 Å². The van der Waals surface area contributed by atoms with Crippen LogP contribution in [0.2, 0.25) is 0 Å². The van der Waals surface area contributed by atoms with E-state index in [0.717, 1.165) is 16.5 Å². The fraction of sp³-hybridized carbons (Fsp3) is 0.375. The average molecular weight is 457 g/mol. The highest BCUT2D eigenvalue weighted by atomic mass is 32.2. The van der Waals surface area contributed by atoms with E-state index < -0.39 is 21.7 Å². The molecule has 0 unspecified atom stereocenters. The zero-order valence-electron chi connectivity index (χ0n) is 19.0. The first-order valence-corrected chi connectivity index (χ1v) is 12.0. The molecule has 0 saturated heterocycles. The van der Waals surface area contributed by atoms with Crippen LogP contribution < -0.4 is 4.74 Å². The number of fused-ring (bicyclic) bond motifs is 3. The Morgan fingerprint density at radius 2 is 1.75 bits per heavy atom. The van der Waals surface area contributed by atoms with Crippen molar-refractivity contribution in [1.82, 2.24) is 8.87 Å². The maximum atomic E-state index is 13.7. The van der Waals surface area contributed by atoms with Gasteiger partial charge in [0, 0.05) is 29.6 Å². The Hall–Kier alpha value is -3.00. The first kappa shape index (κ1) is 22.2. The normalized spacial score (nSPS) is 14.3. The van der Waals surface area contributed by atoms with Gasteiger partial charge in [-0.15, -0.1) is 0 Å². The lowest BCUT2D eigenvalue weighted by molar-refractivity contribution is 0.0224. The predicted octanol–water partition coefficient (Wildman–Crippen LogP) is 4.49. The molecule has 1 aliphatic rings. The number of hydrogen-bond donors (Lipinski definition) is 0. The molecule has 0 saturated carbocycles. The summed E-state index contributed by atoms with van der Waals surface area (Å²) < 4.78 is 39.7. The second kappa shape index (κ2) is 7.85. The molecule has 1 aromatic heterocycles. The highest BCUT2D eigenvalue weighted by Crippen LogP contribution is 2.36. The molecular formula is C24H28N2O5S. The van der Waals surface area contributed by atoms with Crippen molar-refractivity contribution in [2.45, 2.75) is 51.2 Å². The second-order valence-electron chi connectivity index (χ2n) is 9.04. The molecule has 1 aliphatic heterocycles. The smallest absolute Gasteiger partial charge is 0.410 e. The molecular weight excluding hydrogens is 428 g/mol. The largest absolute Gasteiger partial charge is 0.497 e. The van der Waals surface area contributed by atoms with Gasteiger partial charge in [-0.1, -0.05) is 17.7 Å². The minimum Gasteiger partial charge on any atom is -0.497 e. The summed E-state index contributed by atoms with van der Waals surface area (Å²) in [5.41, 5.74) is 2.44. The van der Waals surface area contributed by atoms with Crippen LogP contribution in [-0.2, 0) is 27.7 Å². The molecule has 4 rings (SSSR count). The van der Waals surface area contributed by atoms with Gasteiger partial charge in [-0.3, -0.25) is 0 Å². The Kier molecular flexibility index (Phi) is 5.45. The third kappa shape index (κ3) is 3.95. The SMILES string of the molecule is COc1ccc2c(c1)c1c(n2S(=O)(=O)c2ccc(C)cc2)CCN(C(=O)OC(C)(C)C)C1. The maximum absolute atomic E-state index is 13.7. The molecule has 0 radical (unpaired) electrons. The lowest BCUT2D eigenvalue weighted by atomic mass is 10.0. The van der Waals surface area contributed by atoms with Gasteiger partial charge in [0.05, 0.1) is 24.1 Å². The topological polar surface area (TPSA) is 77.8 Å². The molecule has 2 aromatic carbocycles. The highest BCUT2D eigenvalue weighted by Gasteiger charge is 2.33. The van der Waals surface area contributed by atoms with Gasteiger partial charge in [-0.25, -0.2) is 17.2 Å². The van der Waals surface area contributed by atoms with Gasteiger partial charge in [0.2, 0.25) is 0 Å². The van der Waals surface area contributed by atoms with Gasteiger partial charge in [0.1, 0.15) is 11.4 Å². The van der Waals surface area contributed by atoms with Crippen molar-refractivity contribution in [1.29, 1.82) is 0 Å². The predicted molar refractivity (Wildman–Crippen MR) is 123 cm³/mol. The van der Waals surface area contributed by atoms with Gasteiger partial charge in [0.15, 0.2) is 0 Å². The van der Waals surface area contributed by atoms with Crippen LogP contribution in [0, 0.1) is 6.92 Å². The van der Waals surface area contributed by atoms with Crippen LogP contribution in [0.3, 0.4) is 0 Å². The molecule has 7 nitrogen and oxygen atoms in total. The monoisotopic (exact) mass is 456 g/mol. The quantitative estimate of drug-likeness (QED) is 0.580. The van der Waals surface area contributed by atoms with E-state index in [9.17, 15) is 13.2 Å². The lowest BCUT2D eigenvalue weighted by Crippen LogP contribution is -2.40. The number of rotatable bonds is 3. The van der Waals surface area contributed by atoms with E-state index in [2.05, 4.69) is 0 Å². The molecule has 0 aliphatic carbocycles. The highest BCUT2D eigenvalue weighted by molar-refractivity contribution is 7.90. The Balaban J connectivity index is 1.86. The lowest BCUT2D eigenvalue weighted by Gasteiger charge is -2.30. The molecule has 0 bridgehead atoms. The summed E-state index contributed by atoms with van der Waals surface area (Å²) in [7, 11) is -2.26. The van der Waals surface area contributed by atoms with Crippen LogP contribution in [0.4, 0.5) is 4.79 Å². The van der Waals surface area contributed by atoms with Gasteiger partial charge < -0.3 is 14.4 Å². The number of carbonyl (C=O) groups is 1. The van der Waals surface area contributed by atoms with Crippen LogP contribution in [0.15, 0.2) is 47.4 Å². The van der Waals surface area contributed by atoms with Crippen molar-refractivity contribution in [3.8, 4) is 5.75 Å². The third-order valence-electron chi connectivity index (χ3n) is 5.52. The van der Waals surface area contributed by atoms with E-state index in [-0.39, 0.29) is 11.4 Å². The molecule has 3 aromatic rings. The van der Waals surface area contributed by atoms with E-state index >= 15 is 0 Å². The summed E-state index contributed by atoms with van der Waals surface area (Å²) in [6.45, 7) is 8.03. The van der Waals surface area contributed by atoms with Crippen molar-refractivity contribution < 1.29 is 22.7 Å². The zero-order chi connectivity index (χ0) is 23.3. The molecule has 1 amide bonds. The molecule has 32 heavy (non-hydrogen) atoms. The van der Waals surface area contributed by atoms with Crippen molar-refractivity contribution in [2.24, 2.45) is 0 Å². The van der Waals surface area contributed by atoms with Crippen LogP contribution in [0.5, 0.6) is 5.75 Å². The van der Waals surface area contributed by atoms with E-state index in [0.29, 0.717) is 29.9 Å². The number of nitrogens with zero attached hydrogens (tertiary/aromatic N) is 2. The maximum Gasteiger partial charge on any atom is 0.410 e. The third-order valence-corrected chi connectivity index (χ3v) is 7.29. The number of aromatic nitrogens is 1. The van der Waals surface area contributed by atoms with Crippen molar-refractivity contribution in [3.05, 3.63) is 59.3 Å². The fourth-order valence-electron chi connectivity index (χ4n) is 4.00. The zero-order valence-corrected chi connectivity index (χ0v) is 19.8. The first-order valence-electron chi connectivity index (χ1n) is 10.5. The number of amides is 1. The Bertz CT molecular complexity index is 1280. The summed E-state index contributed by atoms with van der Waals surface area (Å²) in [5, 5.41) is 0.753. The van der Waals surface area contributed by atoms with Crippen LogP contribution in [-0.4, -0.2) is 42.6 Å². The number of ether oxygens (including phenoxy) is 2. The second-order valence-corrected chi connectivity index (χ2v) is 10.8. The van der Waals surface area contributed by atoms with E-state index in [4.69, 9.17) is 9.47 Å². The van der Waals surface area contributed by atoms with Gasteiger partial charge >= 0.3 is 6.09 Å². The fourth-order valence-corrected chi connectivity index (χ4v) is 5.60. The Morgan fingerprint density at radius 1 is 1.06 bits per heavy atom. The van der Waals surface area contributed by atoms with Crippen molar-refractivity contribution >= 4 is 27.0 Å². The number of aryl methyl sites for hydroxylation is 1.